The number of hydrogen-bond acceptors (Lipinski definition) is 4. The van der Waals surface area contributed by atoms with Crippen molar-refractivity contribution in [2.24, 2.45) is 0 Å². The summed E-state index contributed by atoms with van der Waals surface area (Å²) >= 11 is 0. The molecule has 0 aliphatic heterocycles. The van der Waals surface area contributed by atoms with Crippen LogP contribution in [0.5, 0.6) is 5.75 Å². The van der Waals surface area contributed by atoms with Crippen LogP contribution in [-0.2, 0) is 14.8 Å². The van der Waals surface area contributed by atoms with Crippen LogP contribution in [0, 0.1) is 20.8 Å². The zero-order valence-electron chi connectivity index (χ0n) is 16.1. The Labute approximate surface area is 161 Å². The molecule has 0 radical (unpaired) electrons. The van der Waals surface area contributed by atoms with Crippen molar-refractivity contribution < 1.29 is 17.9 Å². The number of amides is 1. The van der Waals surface area contributed by atoms with E-state index in [0.29, 0.717) is 17.9 Å². The van der Waals surface area contributed by atoms with E-state index in [4.69, 9.17) is 4.74 Å². The smallest absolute Gasteiger partial charge is 0.262 e. The number of aryl methyl sites for hydroxylation is 3. The zero-order valence-corrected chi connectivity index (χ0v) is 16.9. The maximum atomic E-state index is 12.2. The number of benzene rings is 2. The predicted octanol–water partition coefficient (Wildman–Crippen LogP) is 3.32. The summed E-state index contributed by atoms with van der Waals surface area (Å²) in [6.07, 6.45) is 0.717. The quantitative estimate of drug-likeness (QED) is 0.724. The lowest BCUT2D eigenvalue weighted by Crippen LogP contribution is -2.24. The summed E-state index contributed by atoms with van der Waals surface area (Å²) in [4.78, 5) is 12.3. The molecule has 0 atom stereocenters. The fourth-order valence-electron chi connectivity index (χ4n) is 2.66. The monoisotopic (exact) mass is 390 g/mol. The van der Waals surface area contributed by atoms with Crippen molar-refractivity contribution in [3.63, 3.8) is 0 Å². The molecular weight excluding hydrogens is 364 g/mol. The molecule has 27 heavy (non-hydrogen) atoms. The van der Waals surface area contributed by atoms with Crippen LogP contribution in [0.3, 0.4) is 0 Å². The topological polar surface area (TPSA) is 84.5 Å². The molecule has 0 aliphatic carbocycles. The number of nitrogens with one attached hydrogen (secondary N) is 2. The molecule has 1 amide bonds. The summed E-state index contributed by atoms with van der Waals surface area (Å²) in [5, 5.41) is 2.80. The molecule has 0 unspecified atom stereocenters. The lowest BCUT2D eigenvalue weighted by atomic mass is 10.1. The highest BCUT2D eigenvalue weighted by atomic mass is 32.2. The van der Waals surface area contributed by atoms with Gasteiger partial charge in [0.25, 0.3) is 5.91 Å². The van der Waals surface area contributed by atoms with Crippen LogP contribution in [0.25, 0.3) is 0 Å². The highest BCUT2D eigenvalue weighted by molar-refractivity contribution is 7.89. The number of hydrogen-bond donors (Lipinski definition) is 2. The minimum absolute atomic E-state index is 0.159. The second-order valence-electron chi connectivity index (χ2n) is 6.54. The summed E-state index contributed by atoms with van der Waals surface area (Å²) in [6.45, 7) is 7.80. The van der Waals surface area contributed by atoms with Crippen LogP contribution in [0.4, 0.5) is 5.69 Å². The number of rotatable bonds is 8. The van der Waals surface area contributed by atoms with Crippen molar-refractivity contribution in [2.75, 3.05) is 18.5 Å². The first kappa shape index (κ1) is 20.9. The van der Waals surface area contributed by atoms with Gasteiger partial charge >= 0.3 is 0 Å². The minimum atomic E-state index is -3.53. The maximum Gasteiger partial charge on any atom is 0.262 e. The molecule has 2 N–H and O–H groups in total. The number of anilines is 1. The summed E-state index contributed by atoms with van der Waals surface area (Å²) in [6, 6.07) is 10.4. The summed E-state index contributed by atoms with van der Waals surface area (Å²) < 4.78 is 32.4. The van der Waals surface area contributed by atoms with Gasteiger partial charge in [-0.1, -0.05) is 13.0 Å². The third-order valence-electron chi connectivity index (χ3n) is 3.86. The van der Waals surface area contributed by atoms with Gasteiger partial charge in [-0.3, -0.25) is 4.79 Å². The molecule has 7 heteroatoms. The van der Waals surface area contributed by atoms with Gasteiger partial charge < -0.3 is 10.1 Å². The lowest BCUT2D eigenvalue weighted by Gasteiger charge is -2.12. The third kappa shape index (κ3) is 6.08. The first-order chi connectivity index (χ1) is 12.7. The van der Waals surface area contributed by atoms with Gasteiger partial charge in [0.15, 0.2) is 6.61 Å². The summed E-state index contributed by atoms with van der Waals surface area (Å²) in [5.41, 5.74) is 3.50. The van der Waals surface area contributed by atoms with E-state index in [1.165, 1.54) is 12.1 Å². The average Bonchev–Trinajstić information content (AvgIpc) is 2.58. The van der Waals surface area contributed by atoms with Crippen molar-refractivity contribution in [1.29, 1.82) is 0 Å². The highest BCUT2D eigenvalue weighted by Gasteiger charge is 2.15. The van der Waals surface area contributed by atoms with Crippen molar-refractivity contribution in [1.82, 2.24) is 4.72 Å². The highest BCUT2D eigenvalue weighted by Crippen LogP contribution is 2.22. The Morgan fingerprint density at radius 1 is 1.04 bits per heavy atom. The van der Waals surface area contributed by atoms with Gasteiger partial charge in [-0.05, 0) is 74.2 Å². The van der Waals surface area contributed by atoms with Crippen molar-refractivity contribution in [3.8, 4) is 5.75 Å². The van der Waals surface area contributed by atoms with E-state index in [-0.39, 0.29) is 17.4 Å². The molecule has 146 valence electrons. The summed E-state index contributed by atoms with van der Waals surface area (Å²) in [7, 11) is -3.53. The van der Waals surface area contributed by atoms with Crippen molar-refractivity contribution in [2.45, 2.75) is 39.0 Å². The molecule has 0 saturated heterocycles. The standard InChI is InChI=1S/C20H26N2O4S/c1-5-8-21-27(24,25)18-6-7-19(16(4)12-18)26-13-20(23)22-17-10-14(2)9-15(3)11-17/h6-7,9-12,21H,5,8,13H2,1-4H3,(H,22,23). The Kier molecular flexibility index (Phi) is 6.98. The molecule has 0 bridgehead atoms. The molecular formula is C20H26N2O4S. The molecule has 6 nitrogen and oxygen atoms in total. The Bertz CT molecular complexity index is 903. The molecule has 0 heterocycles. The first-order valence-electron chi connectivity index (χ1n) is 8.82. The number of carbonyl (C=O) groups is 1. The van der Waals surface area contributed by atoms with Crippen LogP contribution >= 0.6 is 0 Å². The predicted molar refractivity (Wildman–Crippen MR) is 107 cm³/mol. The zero-order chi connectivity index (χ0) is 20.0. The normalized spacial score (nSPS) is 11.3. The Morgan fingerprint density at radius 3 is 2.30 bits per heavy atom. The summed E-state index contributed by atoms with van der Waals surface area (Å²) in [5.74, 6) is 0.195. The van der Waals surface area contributed by atoms with Crippen LogP contribution in [0.1, 0.15) is 30.0 Å². The van der Waals surface area contributed by atoms with Gasteiger partial charge in [-0.25, -0.2) is 13.1 Å². The van der Waals surface area contributed by atoms with Crippen LogP contribution in [-0.4, -0.2) is 27.5 Å². The van der Waals surface area contributed by atoms with E-state index in [0.717, 1.165) is 23.2 Å². The molecule has 0 fully saturated rings. The fraction of sp³-hybridized carbons (Fsp3) is 0.350. The Morgan fingerprint density at radius 2 is 1.70 bits per heavy atom. The van der Waals surface area contributed by atoms with E-state index < -0.39 is 10.0 Å². The Hall–Kier alpha value is -2.38. The largest absolute Gasteiger partial charge is 0.483 e. The number of sulfonamides is 1. The van der Waals surface area contributed by atoms with Crippen molar-refractivity contribution >= 4 is 21.6 Å². The van der Waals surface area contributed by atoms with Gasteiger partial charge in [0.05, 0.1) is 4.90 Å². The molecule has 0 spiro atoms. The molecule has 2 aromatic carbocycles. The van der Waals surface area contributed by atoms with E-state index in [9.17, 15) is 13.2 Å². The van der Waals surface area contributed by atoms with Gasteiger partial charge in [0.1, 0.15) is 5.75 Å². The van der Waals surface area contributed by atoms with Gasteiger partial charge in [-0.15, -0.1) is 0 Å². The van der Waals surface area contributed by atoms with Gasteiger partial charge in [0.2, 0.25) is 10.0 Å². The second kappa shape index (κ2) is 9.01. The third-order valence-corrected chi connectivity index (χ3v) is 5.32. The maximum absolute atomic E-state index is 12.2. The van der Waals surface area contributed by atoms with E-state index in [1.54, 1.807) is 13.0 Å². The molecule has 0 aliphatic rings. The van der Waals surface area contributed by atoms with Crippen LogP contribution in [0.15, 0.2) is 41.3 Å². The van der Waals surface area contributed by atoms with Gasteiger partial charge in [-0.2, -0.15) is 0 Å². The first-order valence-corrected chi connectivity index (χ1v) is 10.3. The Balaban J connectivity index is 2.00. The molecule has 0 saturated carbocycles. The fourth-order valence-corrected chi connectivity index (χ4v) is 3.88. The second-order valence-corrected chi connectivity index (χ2v) is 8.31. The lowest BCUT2D eigenvalue weighted by molar-refractivity contribution is -0.118. The van der Waals surface area contributed by atoms with E-state index in [2.05, 4.69) is 10.0 Å². The molecule has 0 aromatic heterocycles. The van der Waals surface area contributed by atoms with Crippen molar-refractivity contribution in [3.05, 3.63) is 53.1 Å². The van der Waals surface area contributed by atoms with Crippen LogP contribution < -0.4 is 14.8 Å². The van der Waals surface area contributed by atoms with Crippen LogP contribution in [0.2, 0.25) is 0 Å². The van der Waals surface area contributed by atoms with E-state index in [1.807, 2.05) is 39.0 Å². The number of ether oxygens (including phenoxy) is 1. The minimum Gasteiger partial charge on any atom is -0.483 e. The number of carbonyl (C=O) groups excluding carboxylic acids is 1. The van der Waals surface area contributed by atoms with E-state index >= 15 is 0 Å². The molecule has 2 aromatic rings. The SMILES string of the molecule is CCCNS(=O)(=O)c1ccc(OCC(=O)Nc2cc(C)cc(C)c2)c(C)c1. The average molecular weight is 391 g/mol. The molecule has 2 rings (SSSR count). The van der Waals surface area contributed by atoms with Gasteiger partial charge in [0, 0.05) is 12.2 Å².